The van der Waals surface area contributed by atoms with E-state index < -0.39 is 0 Å². The molecule has 0 radical (unpaired) electrons. The molecule has 31 heavy (non-hydrogen) atoms. The molecule has 4 aliphatic rings. The van der Waals surface area contributed by atoms with E-state index in [2.05, 4.69) is 104 Å². The van der Waals surface area contributed by atoms with E-state index in [1.807, 2.05) is 0 Å². The minimum atomic E-state index is 1.02. The molecule has 0 saturated heterocycles. The van der Waals surface area contributed by atoms with Crippen LogP contribution >= 0.6 is 0 Å². The van der Waals surface area contributed by atoms with Gasteiger partial charge in [0.25, 0.3) is 0 Å². The second-order valence-corrected chi connectivity index (χ2v) is 8.79. The number of rotatable bonds is 3. The van der Waals surface area contributed by atoms with Gasteiger partial charge in [0, 0.05) is 11.4 Å². The van der Waals surface area contributed by atoms with Gasteiger partial charge >= 0.3 is 0 Å². The van der Waals surface area contributed by atoms with Crippen LogP contribution in [0.3, 0.4) is 0 Å². The fourth-order valence-corrected chi connectivity index (χ4v) is 4.60. The van der Waals surface area contributed by atoms with Crippen LogP contribution in [0.25, 0.3) is 11.1 Å². The molecule has 0 spiro atoms. The first-order chi connectivity index (χ1) is 15.2. The normalized spacial score (nSPS) is 13.0. The lowest BCUT2D eigenvalue weighted by atomic mass is 9.87. The van der Waals surface area contributed by atoms with Crippen LogP contribution in [-0.4, -0.2) is 0 Å². The molecule has 0 aromatic heterocycles. The first kappa shape index (κ1) is 19.6. The van der Waals surface area contributed by atoms with Crippen LogP contribution in [0.4, 0.5) is 11.4 Å². The largest absolute Gasteiger partial charge is 0.355 e. The molecule has 4 aromatic rings. The zero-order valence-electron chi connectivity index (χ0n) is 18.4. The van der Waals surface area contributed by atoms with Gasteiger partial charge in [-0.15, -0.1) is 0 Å². The van der Waals surface area contributed by atoms with Crippen molar-refractivity contribution < 1.29 is 0 Å². The smallest absolute Gasteiger partial charge is 0.0420 e. The summed E-state index contributed by atoms with van der Waals surface area (Å²) in [5, 5.41) is 3.71. The summed E-state index contributed by atoms with van der Waals surface area (Å²) in [6.45, 7) is 4.42. The lowest BCUT2D eigenvalue weighted by Gasteiger charge is -2.21. The van der Waals surface area contributed by atoms with E-state index in [1.165, 1.54) is 50.2 Å². The summed E-state index contributed by atoms with van der Waals surface area (Å²) in [5.74, 6) is 0. The van der Waals surface area contributed by atoms with Crippen LogP contribution in [0.15, 0.2) is 84.9 Å². The topological polar surface area (TPSA) is 12.0 Å². The summed E-state index contributed by atoms with van der Waals surface area (Å²) in [6, 6.07) is 31.4. The number of para-hydroxylation sites is 1. The van der Waals surface area contributed by atoms with Crippen molar-refractivity contribution in [3.8, 4) is 11.1 Å². The standard InChI is InChI=1S/C30H29N/c1-21-8-9-22(2)28(18-21)29-19-26-17-15-24-12-10-23(11-13-24)14-16-25(29)20-30(26)31-27-6-4-3-5-7-27/h3-13,18-20,31H,14-17H2,1-2H3. The van der Waals surface area contributed by atoms with E-state index in [0.717, 1.165) is 31.4 Å². The third-order valence-electron chi connectivity index (χ3n) is 6.45. The molecule has 4 bridgehead atoms. The number of hydrogen-bond acceptors (Lipinski definition) is 1. The number of benzene rings is 4. The number of hydrogen-bond donors (Lipinski definition) is 1. The SMILES string of the molecule is Cc1ccc(C)c(-c2cc3c(Nc4ccccc4)cc2CCc2ccc(cc2)CC3)c1. The van der Waals surface area contributed by atoms with E-state index in [0.29, 0.717) is 0 Å². The van der Waals surface area contributed by atoms with Gasteiger partial charge in [-0.3, -0.25) is 0 Å². The summed E-state index contributed by atoms with van der Waals surface area (Å²) in [6.07, 6.45) is 4.16. The summed E-state index contributed by atoms with van der Waals surface area (Å²) in [4.78, 5) is 0. The predicted octanol–water partition coefficient (Wildman–Crippen LogP) is 7.60. The van der Waals surface area contributed by atoms with Gasteiger partial charge in [-0.2, -0.15) is 0 Å². The zero-order chi connectivity index (χ0) is 21.2. The highest BCUT2D eigenvalue weighted by Gasteiger charge is 2.15. The first-order valence-corrected chi connectivity index (χ1v) is 11.3. The van der Waals surface area contributed by atoms with Crippen LogP contribution in [0.2, 0.25) is 0 Å². The molecule has 0 aliphatic heterocycles. The minimum absolute atomic E-state index is 1.02. The summed E-state index contributed by atoms with van der Waals surface area (Å²) in [7, 11) is 0. The Labute approximate surface area is 185 Å². The highest BCUT2D eigenvalue weighted by Crippen LogP contribution is 2.35. The fourth-order valence-electron chi connectivity index (χ4n) is 4.60. The average Bonchev–Trinajstić information content (AvgIpc) is 2.78. The van der Waals surface area contributed by atoms with Crippen molar-refractivity contribution in [1.29, 1.82) is 0 Å². The van der Waals surface area contributed by atoms with E-state index in [9.17, 15) is 0 Å². The van der Waals surface area contributed by atoms with E-state index in [1.54, 1.807) is 0 Å². The maximum atomic E-state index is 3.71. The van der Waals surface area contributed by atoms with Crippen molar-refractivity contribution in [1.82, 2.24) is 0 Å². The van der Waals surface area contributed by atoms with Crippen LogP contribution < -0.4 is 5.32 Å². The van der Waals surface area contributed by atoms with Crippen molar-refractivity contribution in [2.45, 2.75) is 39.5 Å². The summed E-state index contributed by atoms with van der Waals surface area (Å²) < 4.78 is 0. The van der Waals surface area contributed by atoms with Crippen LogP contribution in [-0.2, 0) is 25.7 Å². The Bertz CT molecular complexity index is 1200. The highest BCUT2D eigenvalue weighted by atomic mass is 14.9. The fraction of sp³-hybridized carbons (Fsp3) is 0.200. The minimum Gasteiger partial charge on any atom is -0.355 e. The lowest BCUT2D eigenvalue weighted by molar-refractivity contribution is 0.924. The molecule has 8 rings (SSSR count). The van der Waals surface area contributed by atoms with Gasteiger partial charge in [0.2, 0.25) is 0 Å². The van der Waals surface area contributed by atoms with Crippen molar-refractivity contribution in [3.05, 3.63) is 118 Å². The van der Waals surface area contributed by atoms with Crippen molar-refractivity contribution in [2.24, 2.45) is 0 Å². The summed E-state index contributed by atoms with van der Waals surface area (Å²) in [5.41, 5.74) is 13.4. The Morgan fingerprint density at radius 1 is 0.581 bits per heavy atom. The second-order valence-electron chi connectivity index (χ2n) is 8.79. The quantitative estimate of drug-likeness (QED) is 0.371. The van der Waals surface area contributed by atoms with E-state index >= 15 is 0 Å². The molecule has 4 aliphatic carbocycles. The van der Waals surface area contributed by atoms with Crippen LogP contribution in [0.1, 0.15) is 33.4 Å². The predicted molar refractivity (Wildman–Crippen MR) is 132 cm³/mol. The van der Waals surface area contributed by atoms with Gasteiger partial charge in [0.05, 0.1) is 0 Å². The van der Waals surface area contributed by atoms with Crippen molar-refractivity contribution in [3.63, 3.8) is 0 Å². The van der Waals surface area contributed by atoms with Crippen LogP contribution in [0, 0.1) is 13.8 Å². The Morgan fingerprint density at radius 2 is 1.26 bits per heavy atom. The van der Waals surface area contributed by atoms with Gasteiger partial charge in [-0.25, -0.2) is 0 Å². The summed E-state index contributed by atoms with van der Waals surface area (Å²) >= 11 is 0. The molecule has 0 unspecified atom stereocenters. The first-order valence-electron chi connectivity index (χ1n) is 11.3. The number of anilines is 2. The third-order valence-corrected chi connectivity index (χ3v) is 6.45. The van der Waals surface area contributed by atoms with Gasteiger partial charge in [-0.05, 0) is 103 Å². The molecule has 0 amide bonds. The average molecular weight is 404 g/mol. The second kappa shape index (κ2) is 8.43. The molecule has 1 N–H and O–H groups in total. The Kier molecular flexibility index (Phi) is 5.34. The molecule has 0 saturated carbocycles. The number of aryl methyl sites for hydroxylation is 6. The zero-order valence-corrected chi connectivity index (χ0v) is 18.4. The maximum Gasteiger partial charge on any atom is 0.0420 e. The Hall–Kier alpha value is -3.32. The van der Waals surface area contributed by atoms with Gasteiger partial charge in [0.1, 0.15) is 0 Å². The molecule has 4 aromatic carbocycles. The monoisotopic (exact) mass is 403 g/mol. The van der Waals surface area contributed by atoms with Crippen molar-refractivity contribution in [2.75, 3.05) is 5.32 Å². The molecule has 1 heteroatoms. The lowest BCUT2D eigenvalue weighted by Crippen LogP contribution is -2.05. The molecule has 0 atom stereocenters. The number of nitrogens with one attached hydrogen (secondary N) is 1. The molecule has 0 fully saturated rings. The Balaban J connectivity index is 1.66. The Morgan fingerprint density at radius 3 is 1.97 bits per heavy atom. The molecular formula is C30H29N. The highest BCUT2D eigenvalue weighted by molar-refractivity contribution is 5.77. The molecule has 154 valence electrons. The maximum absolute atomic E-state index is 3.71. The molecule has 0 heterocycles. The molecule has 1 nitrogen and oxygen atoms in total. The van der Waals surface area contributed by atoms with Crippen molar-refractivity contribution >= 4 is 11.4 Å². The van der Waals surface area contributed by atoms with E-state index in [-0.39, 0.29) is 0 Å². The van der Waals surface area contributed by atoms with Gasteiger partial charge in [-0.1, -0.05) is 66.2 Å². The van der Waals surface area contributed by atoms with Gasteiger partial charge < -0.3 is 5.32 Å². The van der Waals surface area contributed by atoms with Crippen LogP contribution in [0.5, 0.6) is 0 Å². The molecular weight excluding hydrogens is 374 g/mol. The van der Waals surface area contributed by atoms with E-state index in [4.69, 9.17) is 0 Å². The third kappa shape index (κ3) is 4.27. The van der Waals surface area contributed by atoms with Gasteiger partial charge in [0.15, 0.2) is 0 Å².